The van der Waals surface area contributed by atoms with Gasteiger partial charge in [-0.05, 0) is 41.7 Å². The fourth-order valence-electron chi connectivity index (χ4n) is 5.53. The van der Waals surface area contributed by atoms with Gasteiger partial charge in [-0.3, -0.25) is 9.59 Å². The van der Waals surface area contributed by atoms with Crippen LogP contribution in [0.2, 0.25) is 0 Å². The zero-order chi connectivity index (χ0) is 22.9. The Morgan fingerprint density at radius 1 is 1.09 bits per heavy atom. The van der Waals surface area contributed by atoms with Gasteiger partial charge in [-0.15, -0.1) is 0 Å². The first-order valence-corrected chi connectivity index (χ1v) is 11.8. The van der Waals surface area contributed by atoms with Crippen molar-refractivity contribution in [3.8, 4) is 0 Å². The summed E-state index contributed by atoms with van der Waals surface area (Å²) in [6, 6.07) is 14.3. The third-order valence-electron chi connectivity index (χ3n) is 7.21. The first-order valence-electron chi connectivity index (χ1n) is 11.8. The molecular weight excluding hydrogens is 421 g/mol. The van der Waals surface area contributed by atoms with E-state index >= 15 is 0 Å². The van der Waals surface area contributed by atoms with E-state index in [0.29, 0.717) is 32.5 Å². The third kappa shape index (κ3) is 4.15. The van der Waals surface area contributed by atoms with Crippen molar-refractivity contribution in [2.45, 2.75) is 50.4 Å². The normalized spacial score (nSPS) is 27.0. The molecule has 0 bridgehead atoms. The molecule has 7 heteroatoms. The van der Waals surface area contributed by atoms with Crippen LogP contribution >= 0.6 is 0 Å². The van der Waals surface area contributed by atoms with Crippen LogP contribution < -0.4 is 5.32 Å². The van der Waals surface area contributed by atoms with Gasteiger partial charge in [0.2, 0.25) is 5.91 Å². The Kier molecular flexibility index (Phi) is 6.17. The zero-order valence-corrected chi connectivity index (χ0v) is 18.9. The molecule has 174 valence electrons. The van der Waals surface area contributed by atoms with E-state index < -0.39 is 6.10 Å². The Hall–Kier alpha value is -2.77. The minimum absolute atomic E-state index is 0.0368. The molecule has 0 saturated carbocycles. The van der Waals surface area contributed by atoms with E-state index in [2.05, 4.69) is 17.4 Å². The highest BCUT2D eigenvalue weighted by atomic mass is 19.1. The molecule has 33 heavy (non-hydrogen) atoms. The molecule has 0 radical (unpaired) electrons. The molecule has 1 N–H and O–H groups in total. The van der Waals surface area contributed by atoms with Crippen LogP contribution in [0.25, 0.3) is 0 Å². The topological polar surface area (TPSA) is 61.9 Å². The highest BCUT2D eigenvalue weighted by Gasteiger charge is 2.43. The van der Waals surface area contributed by atoms with Gasteiger partial charge in [0.05, 0.1) is 18.7 Å². The van der Waals surface area contributed by atoms with Crippen LogP contribution in [0.5, 0.6) is 0 Å². The summed E-state index contributed by atoms with van der Waals surface area (Å²) in [4.78, 5) is 29.9. The van der Waals surface area contributed by atoms with E-state index in [1.54, 1.807) is 12.1 Å². The second-order valence-corrected chi connectivity index (χ2v) is 9.06. The summed E-state index contributed by atoms with van der Waals surface area (Å²) in [5.41, 5.74) is 3.18. The summed E-state index contributed by atoms with van der Waals surface area (Å²) >= 11 is 0. The van der Waals surface area contributed by atoms with E-state index in [9.17, 15) is 14.0 Å². The van der Waals surface area contributed by atoms with Gasteiger partial charge in [0.25, 0.3) is 5.91 Å². The molecular formula is C26H30FN3O3. The van der Waals surface area contributed by atoms with Gasteiger partial charge in [-0.2, -0.15) is 0 Å². The van der Waals surface area contributed by atoms with Crippen molar-refractivity contribution in [3.63, 3.8) is 0 Å². The number of halogens is 1. The molecule has 0 aromatic heterocycles. The number of rotatable bonds is 3. The van der Waals surface area contributed by atoms with E-state index in [1.165, 1.54) is 17.7 Å². The number of fused-ring (bicyclic) bond motifs is 2. The van der Waals surface area contributed by atoms with Gasteiger partial charge in [0.1, 0.15) is 11.9 Å². The van der Waals surface area contributed by atoms with Crippen LogP contribution in [0.4, 0.5) is 4.39 Å². The number of ether oxygens (including phenoxy) is 1. The molecule has 3 aliphatic rings. The standard InChI is InChI=1S/C26H30FN3O3/c1-2-24(31)29-14-12-28-21-15-23(33-16-22(21)29)26(32)30-13-11-17-5-3-4-6-20(17)25(30)18-7-9-19(27)10-8-18/h3-10,21-23,25,28H,2,11-16H2,1H3/t21-,22-,23+,25-/m0/s1. The van der Waals surface area contributed by atoms with E-state index in [1.807, 2.05) is 28.9 Å². The lowest BCUT2D eigenvalue weighted by molar-refractivity contribution is -0.157. The average molecular weight is 452 g/mol. The second kappa shape index (κ2) is 9.23. The average Bonchev–Trinajstić information content (AvgIpc) is 2.87. The molecule has 2 amide bonds. The maximum Gasteiger partial charge on any atom is 0.252 e. The van der Waals surface area contributed by atoms with Crippen molar-refractivity contribution >= 4 is 11.8 Å². The molecule has 3 aliphatic heterocycles. The summed E-state index contributed by atoms with van der Waals surface area (Å²) < 4.78 is 19.7. The van der Waals surface area contributed by atoms with Gasteiger partial charge in [-0.25, -0.2) is 4.39 Å². The Balaban J connectivity index is 1.39. The highest BCUT2D eigenvalue weighted by molar-refractivity contribution is 5.83. The minimum Gasteiger partial charge on any atom is -0.366 e. The molecule has 4 atom stereocenters. The lowest BCUT2D eigenvalue weighted by atomic mass is 9.87. The van der Waals surface area contributed by atoms with Crippen molar-refractivity contribution in [3.05, 3.63) is 71.0 Å². The van der Waals surface area contributed by atoms with Gasteiger partial charge in [0.15, 0.2) is 0 Å². The molecule has 3 heterocycles. The highest BCUT2D eigenvalue weighted by Crippen LogP contribution is 2.36. The zero-order valence-electron chi connectivity index (χ0n) is 18.9. The lowest BCUT2D eigenvalue weighted by Gasteiger charge is -2.47. The van der Waals surface area contributed by atoms with Gasteiger partial charge >= 0.3 is 0 Å². The molecule has 0 unspecified atom stereocenters. The van der Waals surface area contributed by atoms with Crippen LogP contribution in [-0.2, 0) is 20.7 Å². The van der Waals surface area contributed by atoms with Crippen molar-refractivity contribution in [2.24, 2.45) is 0 Å². The molecule has 2 aromatic rings. The van der Waals surface area contributed by atoms with Crippen LogP contribution in [0.3, 0.4) is 0 Å². The largest absolute Gasteiger partial charge is 0.366 e. The number of amides is 2. The number of piperazine rings is 1. The summed E-state index contributed by atoms with van der Waals surface area (Å²) in [6.07, 6.45) is 1.21. The van der Waals surface area contributed by atoms with Crippen LogP contribution in [-0.4, -0.2) is 66.0 Å². The summed E-state index contributed by atoms with van der Waals surface area (Å²) in [7, 11) is 0. The van der Waals surface area contributed by atoms with Crippen LogP contribution in [0, 0.1) is 5.82 Å². The summed E-state index contributed by atoms with van der Waals surface area (Å²) in [5.74, 6) is -0.209. The number of nitrogens with zero attached hydrogens (tertiary/aromatic N) is 2. The Morgan fingerprint density at radius 3 is 2.67 bits per heavy atom. The Labute approximate surface area is 193 Å². The molecule has 6 nitrogen and oxygen atoms in total. The first-order chi connectivity index (χ1) is 16.1. The first kappa shape index (κ1) is 22.0. The number of carbonyl (C=O) groups is 2. The molecule has 2 fully saturated rings. The van der Waals surface area contributed by atoms with Gasteiger partial charge < -0.3 is 19.9 Å². The number of nitrogens with one attached hydrogen (secondary N) is 1. The predicted molar refractivity (Wildman–Crippen MR) is 122 cm³/mol. The molecule has 2 saturated heterocycles. The van der Waals surface area contributed by atoms with Crippen LogP contribution in [0.15, 0.2) is 48.5 Å². The smallest absolute Gasteiger partial charge is 0.252 e. The second-order valence-electron chi connectivity index (χ2n) is 9.06. The predicted octanol–water partition coefficient (Wildman–Crippen LogP) is 2.67. The monoisotopic (exact) mass is 451 g/mol. The molecule has 0 spiro atoms. The van der Waals surface area contributed by atoms with Crippen molar-refractivity contribution < 1.29 is 18.7 Å². The Bertz CT molecular complexity index is 1030. The number of hydrogen-bond donors (Lipinski definition) is 1. The summed E-state index contributed by atoms with van der Waals surface area (Å²) in [5, 5.41) is 3.50. The van der Waals surface area contributed by atoms with Gasteiger partial charge in [-0.1, -0.05) is 43.3 Å². The molecule has 0 aliphatic carbocycles. The van der Waals surface area contributed by atoms with E-state index in [0.717, 1.165) is 24.1 Å². The third-order valence-corrected chi connectivity index (χ3v) is 7.21. The minimum atomic E-state index is -0.566. The van der Waals surface area contributed by atoms with Crippen molar-refractivity contribution in [1.82, 2.24) is 15.1 Å². The molecule has 2 aromatic carbocycles. The number of hydrogen-bond acceptors (Lipinski definition) is 4. The quantitative estimate of drug-likeness (QED) is 0.780. The number of benzene rings is 2. The lowest BCUT2D eigenvalue weighted by Crippen LogP contribution is -2.65. The maximum absolute atomic E-state index is 13.8. The SMILES string of the molecule is CCC(=O)N1CCN[C@H]2C[C@H](C(=O)N3CCc4ccccc4[C@@H]3c3ccc(F)cc3)OC[C@@H]21. The van der Waals surface area contributed by atoms with E-state index in [4.69, 9.17) is 4.74 Å². The maximum atomic E-state index is 13.8. The molecule has 5 rings (SSSR count). The fraction of sp³-hybridized carbons (Fsp3) is 0.462. The number of carbonyl (C=O) groups excluding carboxylic acids is 2. The van der Waals surface area contributed by atoms with Gasteiger partial charge in [0, 0.05) is 32.1 Å². The fourth-order valence-corrected chi connectivity index (χ4v) is 5.53. The Morgan fingerprint density at radius 2 is 1.88 bits per heavy atom. The van der Waals surface area contributed by atoms with Crippen molar-refractivity contribution in [2.75, 3.05) is 26.2 Å². The van der Waals surface area contributed by atoms with Crippen molar-refractivity contribution in [1.29, 1.82) is 0 Å². The summed E-state index contributed by atoms with van der Waals surface area (Å²) in [6.45, 7) is 4.21. The van der Waals surface area contributed by atoms with Crippen LogP contribution in [0.1, 0.15) is 42.5 Å². The van der Waals surface area contributed by atoms with E-state index in [-0.39, 0.29) is 35.8 Å².